The first-order valence-corrected chi connectivity index (χ1v) is 7.20. The van der Waals surface area contributed by atoms with Crippen LogP contribution in [0.2, 0.25) is 0 Å². The molecule has 0 bridgehead atoms. The first-order chi connectivity index (χ1) is 10.7. The molecule has 1 aromatic heterocycles. The largest absolute Gasteiger partial charge is 0.497 e. The van der Waals surface area contributed by atoms with E-state index in [1.807, 2.05) is 18.2 Å². The first-order valence-electron chi connectivity index (χ1n) is 7.20. The van der Waals surface area contributed by atoms with Crippen molar-refractivity contribution in [2.24, 2.45) is 0 Å². The van der Waals surface area contributed by atoms with E-state index >= 15 is 0 Å². The van der Waals surface area contributed by atoms with Crippen molar-refractivity contribution in [2.75, 3.05) is 40.9 Å². The van der Waals surface area contributed by atoms with E-state index in [1.54, 1.807) is 14.2 Å². The molecule has 7 nitrogen and oxygen atoms in total. The molecule has 0 radical (unpaired) electrons. The lowest BCUT2D eigenvalue weighted by Crippen LogP contribution is -2.44. The van der Waals surface area contributed by atoms with E-state index in [9.17, 15) is 0 Å². The highest BCUT2D eigenvalue weighted by molar-refractivity contribution is 5.85. The fourth-order valence-corrected chi connectivity index (χ4v) is 2.56. The summed E-state index contributed by atoms with van der Waals surface area (Å²) in [6.45, 7) is 2.74. The van der Waals surface area contributed by atoms with Crippen LogP contribution in [0.5, 0.6) is 11.5 Å². The van der Waals surface area contributed by atoms with Gasteiger partial charge in [0.2, 0.25) is 0 Å². The maximum absolute atomic E-state index is 5.44. The van der Waals surface area contributed by atoms with E-state index in [4.69, 9.17) is 14.0 Å². The molecule has 1 fully saturated rings. The van der Waals surface area contributed by atoms with Gasteiger partial charge in [0.25, 0.3) is 5.89 Å². The summed E-state index contributed by atoms with van der Waals surface area (Å²) < 4.78 is 16.1. The molecule has 126 valence electrons. The Morgan fingerprint density at radius 2 is 2.13 bits per heavy atom. The predicted octanol–water partition coefficient (Wildman–Crippen LogP) is 1.75. The van der Waals surface area contributed by atoms with Crippen molar-refractivity contribution < 1.29 is 14.0 Å². The highest BCUT2D eigenvalue weighted by Crippen LogP contribution is 2.33. The van der Waals surface area contributed by atoms with Gasteiger partial charge in [0.15, 0.2) is 5.82 Å². The van der Waals surface area contributed by atoms with Crippen molar-refractivity contribution in [2.45, 2.75) is 6.04 Å². The number of methoxy groups -OCH3 is 2. The quantitative estimate of drug-likeness (QED) is 0.909. The Bertz CT molecular complexity index is 649. The molecule has 1 N–H and O–H groups in total. The van der Waals surface area contributed by atoms with Gasteiger partial charge < -0.3 is 19.3 Å². The average molecular weight is 341 g/mol. The highest BCUT2D eigenvalue weighted by atomic mass is 35.5. The van der Waals surface area contributed by atoms with Gasteiger partial charge in [-0.25, -0.2) is 0 Å². The van der Waals surface area contributed by atoms with Crippen LogP contribution in [0.25, 0.3) is 11.5 Å². The Balaban J connectivity index is 0.00000192. The standard InChI is InChI=1S/C15H20N4O3.ClH/c1-19-7-6-16-9-12(19)14-17-15(22-18-14)11-8-10(20-2)4-5-13(11)21-3;/h4-5,8,12,16H,6-7,9H2,1-3H3;1H. The fraction of sp³-hybridized carbons (Fsp3) is 0.467. The smallest absolute Gasteiger partial charge is 0.261 e. The molecule has 1 saturated heterocycles. The average Bonchev–Trinajstić information content (AvgIpc) is 3.04. The van der Waals surface area contributed by atoms with Crippen LogP contribution in [0.1, 0.15) is 11.9 Å². The topological polar surface area (TPSA) is 72.7 Å². The summed E-state index contributed by atoms with van der Waals surface area (Å²) in [4.78, 5) is 6.76. The Kier molecular flexibility index (Phi) is 5.81. The second-order valence-corrected chi connectivity index (χ2v) is 5.22. The molecule has 1 atom stereocenters. The number of nitrogens with one attached hydrogen (secondary N) is 1. The molecule has 3 rings (SSSR count). The minimum absolute atomic E-state index is 0. The first kappa shape index (κ1) is 17.5. The number of hydrogen-bond donors (Lipinski definition) is 1. The lowest BCUT2D eigenvalue weighted by molar-refractivity contribution is 0.190. The van der Waals surface area contributed by atoms with E-state index < -0.39 is 0 Å². The van der Waals surface area contributed by atoms with E-state index in [1.165, 1.54) is 0 Å². The molecule has 23 heavy (non-hydrogen) atoms. The number of ether oxygens (including phenoxy) is 2. The molecule has 1 aromatic carbocycles. The molecular weight excluding hydrogens is 320 g/mol. The van der Waals surface area contributed by atoms with Crippen molar-refractivity contribution in [3.63, 3.8) is 0 Å². The van der Waals surface area contributed by atoms with E-state index in [2.05, 4.69) is 27.4 Å². The zero-order valence-electron chi connectivity index (χ0n) is 13.4. The Morgan fingerprint density at radius 3 is 2.83 bits per heavy atom. The van der Waals surface area contributed by atoms with Crippen LogP contribution < -0.4 is 14.8 Å². The Hall–Kier alpha value is -1.83. The lowest BCUT2D eigenvalue weighted by Gasteiger charge is -2.30. The van der Waals surface area contributed by atoms with Crippen molar-refractivity contribution in [3.05, 3.63) is 24.0 Å². The molecule has 2 aromatic rings. The Morgan fingerprint density at radius 1 is 1.30 bits per heavy atom. The van der Waals surface area contributed by atoms with Gasteiger partial charge in [-0.05, 0) is 25.2 Å². The number of nitrogens with zero attached hydrogens (tertiary/aromatic N) is 3. The van der Waals surface area contributed by atoms with Crippen LogP contribution in [-0.2, 0) is 0 Å². The molecule has 8 heteroatoms. The maximum Gasteiger partial charge on any atom is 0.261 e. The van der Waals surface area contributed by atoms with Gasteiger partial charge in [-0.15, -0.1) is 12.4 Å². The molecule has 0 aliphatic carbocycles. The summed E-state index contributed by atoms with van der Waals surface area (Å²) >= 11 is 0. The third-order valence-corrected chi connectivity index (χ3v) is 3.89. The van der Waals surface area contributed by atoms with Gasteiger partial charge >= 0.3 is 0 Å². The molecule has 0 spiro atoms. The third-order valence-electron chi connectivity index (χ3n) is 3.89. The monoisotopic (exact) mass is 340 g/mol. The number of benzene rings is 1. The normalized spacial score (nSPS) is 18.3. The molecule has 1 unspecified atom stereocenters. The molecule has 0 amide bonds. The summed E-state index contributed by atoms with van der Waals surface area (Å²) in [5, 5.41) is 7.48. The van der Waals surface area contributed by atoms with Gasteiger partial charge in [0, 0.05) is 19.6 Å². The van der Waals surface area contributed by atoms with Crippen molar-refractivity contribution >= 4 is 12.4 Å². The van der Waals surface area contributed by atoms with Crippen molar-refractivity contribution in [1.82, 2.24) is 20.4 Å². The minimum atomic E-state index is 0. The summed E-state index contributed by atoms with van der Waals surface area (Å²) in [6, 6.07) is 5.60. The molecule has 1 aliphatic rings. The van der Waals surface area contributed by atoms with E-state index in [0.29, 0.717) is 23.2 Å². The van der Waals surface area contributed by atoms with Crippen LogP contribution in [0.15, 0.2) is 22.7 Å². The van der Waals surface area contributed by atoms with Crippen molar-refractivity contribution in [3.8, 4) is 23.0 Å². The Labute approximate surface area is 141 Å². The van der Waals surface area contributed by atoms with Crippen molar-refractivity contribution in [1.29, 1.82) is 0 Å². The van der Waals surface area contributed by atoms with Crippen LogP contribution in [-0.4, -0.2) is 55.9 Å². The number of rotatable bonds is 4. The number of likely N-dealkylation sites (N-methyl/N-ethyl adjacent to an activating group) is 1. The van der Waals surface area contributed by atoms with Gasteiger partial charge in [-0.3, -0.25) is 4.90 Å². The fourth-order valence-electron chi connectivity index (χ4n) is 2.56. The van der Waals surface area contributed by atoms with Gasteiger partial charge in [0.05, 0.1) is 25.8 Å². The minimum Gasteiger partial charge on any atom is -0.497 e. The zero-order valence-corrected chi connectivity index (χ0v) is 14.2. The second-order valence-electron chi connectivity index (χ2n) is 5.22. The summed E-state index contributed by atoms with van der Waals surface area (Å²) in [6.07, 6.45) is 0. The molecule has 1 aliphatic heterocycles. The number of hydrogen-bond acceptors (Lipinski definition) is 7. The van der Waals surface area contributed by atoms with Crippen LogP contribution in [0.4, 0.5) is 0 Å². The zero-order chi connectivity index (χ0) is 15.5. The van der Waals surface area contributed by atoms with E-state index in [-0.39, 0.29) is 18.4 Å². The summed E-state index contributed by atoms with van der Waals surface area (Å²) in [5.74, 6) is 2.50. The summed E-state index contributed by atoms with van der Waals surface area (Å²) in [7, 11) is 5.29. The van der Waals surface area contributed by atoms with Crippen LogP contribution in [0.3, 0.4) is 0 Å². The number of aromatic nitrogens is 2. The lowest BCUT2D eigenvalue weighted by atomic mass is 10.1. The van der Waals surface area contributed by atoms with E-state index in [0.717, 1.165) is 25.2 Å². The highest BCUT2D eigenvalue weighted by Gasteiger charge is 2.26. The van der Waals surface area contributed by atoms with Gasteiger partial charge in [0.1, 0.15) is 11.5 Å². The maximum atomic E-state index is 5.44. The number of piperazine rings is 1. The SMILES string of the molecule is COc1ccc(OC)c(-c2nc(C3CNCCN3C)no2)c1.Cl. The van der Waals surface area contributed by atoms with Gasteiger partial charge in [-0.1, -0.05) is 5.16 Å². The molecular formula is C15H21ClN4O3. The number of halogens is 1. The van der Waals surface area contributed by atoms with Gasteiger partial charge in [-0.2, -0.15) is 4.98 Å². The predicted molar refractivity (Wildman–Crippen MR) is 88.3 cm³/mol. The summed E-state index contributed by atoms with van der Waals surface area (Å²) in [5.41, 5.74) is 0.729. The third kappa shape index (κ3) is 3.57. The van der Waals surface area contributed by atoms with Crippen LogP contribution in [0, 0.1) is 0 Å². The van der Waals surface area contributed by atoms with Crippen LogP contribution >= 0.6 is 12.4 Å². The second kappa shape index (κ2) is 7.63. The molecule has 0 saturated carbocycles. The molecule has 2 heterocycles.